The molecular weight excluding hydrogens is 282 g/mol. The number of halogens is 1. The Bertz CT molecular complexity index is 546. The number of aliphatic imine (C=N–C) groups is 1. The molecule has 112 valence electrons. The predicted octanol–water partition coefficient (Wildman–Crippen LogP) is 2.71. The van der Waals surface area contributed by atoms with Crippen molar-refractivity contribution >= 4 is 18.4 Å². The summed E-state index contributed by atoms with van der Waals surface area (Å²) in [5.74, 6) is 0.157. The highest BCUT2D eigenvalue weighted by atomic mass is 35.5. The topological polar surface area (TPSA) is 64.4 Å². The summed E-state index contributed by atoms with van der Waals surface area (Å²) in [5.41, 5.74) is 14.6. The highest BCUT2D eigenvalue weighted by molar-refractivity contribution is 5.85. The van der Waals surface area contributed by atoms with Crippen LogP contribution >= 0.6 is 12.4 Å². The minimum atomic E-state index is 0. The molecule has 0 bridgehead atoms. The van der Waals surface area contributed by atoms with Crippen molar-refractivity contribution in [1.82, 2.24) is 0 Å². The molecule has 2 rings (SSSR count). The third-order valence-electron chi connectivity index (χ3n) is 3.26. The van der Waals surface area contributed by atoms with Crippen molar-refractivity contribution in [2.45, 2.75) is 19.3 Å². The van der Waals surface area contributed by atoms with Crippen LogP contribution in [0.1, 0.15) is 16.7 Å². The number of rotatable bonds is 6. The zero-order valence-electron chi connectivity index (χ0n) is 12.0. The molecule has 0 aromatic heterocycles. The maximum absolute atomic E-state index is 5.30. The fourth-order valence-electron chi connectivity index (χ4n) is 2.12. The summed E-state index contributed by atoms with van der Waals surface area (Å²) in [6.45, 7) is 0.645. The molecule has 0 unspecified atom stereocenters. The van der Waals surface area contributed by atoms with Crippen LogP contribution in [0.3, 0.4) is 0 Å². The standard InChI is InChI=1S/C17H21N3.ClH/c18-17(19)20-13-12-16-10-8-15(9-11-16)7-6-14-4-2-1-3-5-14;/h1-5,8-11H,6-7,12-13H2,(H4,18,19,20);1H. The molecule has 0 atom stereocenters. The summed E-state index contributed by atoms with van der Waals surface area (Å²) >= 11 is 0. The van der Waals surface area contributed by atoms with Gasteiger partial charge in [-0.1, -0.05) is 54.6 Å². The number of nitrogens with zero attached hydrogens (tertiary/aromatic N) is 1. The van der Waals surface area contributed by atoms with Gasteiger partial charge in [0, 0.05) is 6.54 Å². The van der Waals surface area contributed by atoms with E-state index in [9.17, 15) is 0 Å². The predicted molar refractivity (Wildman–Crippen MR) is 91.9 cm³/mol. The Kier molecular flexibility index (Phi) is 7.33. The number of hydrogen-bond donors (Lipinski definition) is 2. The van der Waals surface area contributed by atoms with Crippen molar-refractivity contribution in [2.75, 3.05) is 6.54 Å². The molecule has 0 aliphatic carbocycles. The van der Waals surface area contributed by atoms with Gasteiger partial charge in [0.15, 0.2) is 5.96 Å². The van der Waals surface area contributed by atoms with E-state index in [1.165, 1.54) is 16.7 Å². The van der Waals surface area contributed by atoms with Gasteiger partial charge in [0.25, 0.3) is 0 Å². The number of hydrogen-bond acceptors (Lipinski definition) is 1. The van der Waals surface area contributed by atoms with Crippen molar-refractivity contribution in [3.8, 4) is 0 Å². The molecule has 0 saturated heterocycles. The lowest BCUT2D eigenvalue weighted by Crippen LogP contribution is -2.23. The van der Waals surface area contributed by atoms with E-state index in [1.807, 2.05) is 0 Å². The third kappa shape index (κ3) is 6.32. The molecule has 0 spiro atoms. The Labute approximate surface area is 132 Å². The van der Waals surface area contributed by atoms with E-state index in [0.29, 0.717) is 6.54 Å². The smallest absolute Gasteiger partial charge is 0.185 e. The van der Waals surface area contributed by atoms with E-state index in [-0.39, 0.29) is 18.4 Å². The average Bonchev–Trinajstić information content (AvgIpc) is 2.47. The van der Waals surface area contributed by atoms with Gasteiger partial charge in [0.05, 0.1) is 0 Å². The summed E-state index contributed by atoms with van der Waals surface area (Å²) < 4.78 is 0. The fraction of sp³-hybridized carbons (Fsp3) is 0.235. The molecule has 0 aliphatic rings. The van der Waals surface area contributed by atoms with Crippen LogP contribution in [0.5, 0.6) is 0 Å². The number of benzene rings is 2. The maximum atomic E-state index is 5.30. The lowest BCUT2D eigenvalue weighted by molar-refractivity contribution is 0.942. The van der Waals surface area contributed by atoms with Crippen LogP contribution in [0, 0.1) is 0 Å². The Morgan fingerprint density at radius 2 is 1.19 bits per heavy atom. The number of nitrogens with two attached hydrogens (primary N) is 2. The summed E-state index contributed by atoms with van der Waals surface area (Å²) in [5, 5.41) is 0. The summed E-state index contributed by atoms with van der Waals surface area (Å²) in [6, 6.07) is 19.2. The van der Waals surface area contributed by atoms with E-state index < -0.39 is 0 Å². The monoisotopic (exact) mass is 303 g/mol. The summed E-state index contributed by atoms with van der Waals surface area (Å²) in [7, 11) is 0. The molecule has 0 aliphatic heterocycles. The third-order valence-corrected chi connectivity index (χ3v) is 3.26. The van der Waals surface area contributed by atoms with Gasteiger partial charge in [-0.25, -0.2) is 0 Å². The zero-order valence-corrected chi connectivity index (χ0v) is 12.9. The molecule has 0 heterocycles. The van der Waals surface area contributed by atoms with Gasteiger partial charge < -0.3 is 11.5 Å². The lowest BCUT2D eigenvalue weighted by Gasteiger charge is -2.04. The largest absolute Gasteiger partial charge is 0.370 e. The molecule has 0 saturated carbocycles. The normalized spacial score (nSPS) is 9.71. The van der Waals surface area contributed by atoms with Gasteiger partial charge in [-0.05, 0) is 36.0 Å². The van der Waals surface area contributed by atoms with Gasteiger partial charge in [-0.15, -0.1) is 12.4 Å². The Morgan fingerprint density at radius 1 is 0.714 bits per heavy atom. The van der Waals surface area contributed by atoms with E-state index in [2.05, 4.69) is 59.6 Å². The van der Waals surface area contributed by atoms with E-state index in [4.69, 9.17) is 11.5 Å². The van der Waals surface area contributed by atoms with Gasteiger partial charge in [0.1, 0.15) is 0 Å². The van der Waals surface area contributed by atoms with Crippen LogP contribution in [-0.4, -0.2) is 12.5 Å². The van der Waals surface area contributed by atoms with Gasteiger partial charge in [-0.2, -0.15) is 0 Å². The fourth-order valence-corrected chi connectivity index (χ4v) is 2.12. The molecule has 4 heteroatoms. The van der Waals surface area contributed by atoms with E-state index in [0.717, 1.165) is 19.3 Å². The SMILES string of the molecule is Cl.NC(N)=NCCc1ccc(CCc2ccccc2)cc1. The van der Waals surface area contributed by atoms with Crippen molar-refractivity contribution in [3.05, 3.63) is 71.3 Å². The molecule has 0 amide bonds. The quantitative estimate of drug-likeness (QED) is 0.636. The minimum Gasteiger partial charge on any atom is -0.370 e. The number of aryl methyl sites for hydroxylation is 2. The van der Waals surface area contributed by atoms with Crippen molar-refractivity contribution in [3.63, 3.8) is 0 Å². The van der Waals surface area contributed by atoms with Crippen LogP contribution in [-0.2, 0) is 19.3 Å². The van der Waals surface area contributed by atoms with Crippen LogP contribution < -0.4 is 11.5 Å². The van der Waals surface area contributed by atoms with Crippen LogP contribution in [0.15, 0.2) is 59.6 Å². The van der Waals surface area contributed by atoms with Crippen LogP contribution in [0.2, 0.25) is 0 Å². The summed E-state index contributed by atoms with van der Waals surface area (Å²) in [4.78, 5) is 3.99. The van der Waals surface area contributed by atoms with Gasteiger partial charge in [-0.3, -0.25) is 4.99 Å². The molecule has 0 fully saturated rings. The Morgan fingerprint density at radius 3 is 1.71 bits per heavy atom. The lowest BCUT2D eigenvalue weighted by atomic mass is 10.0. The molecule has 4 N–H and O–H groups in total. The molecule has 3 nitrogen and oxygen atoms in total. The van der Waals surface area contributed by atoms with Gasteiger partial charge in [0.2, 0.25) is 0 Å². The summed E-state index contributed by atoms with van der Waals surface area (Å²) in [6.07, 6.45) is 3.02. The molecule has 0 radical (unpaired) electrons. The van der Waals surface area contributed by atoms with Crippen LogP contribution in [0.25, 0.3) is 0 Å². The second-order valence-electron chi connectivity index (χ2n) is 4.86. The first-order chi connectivity index (χ1) is 9.74. The second kappa shape index (κ2) is 9.03. The Balaban J connectivity index is 0.00000220. The molecular formula is C17H22ClN3. The molecule has 2 aromatic rings. The van der Waals surface area contributed by atoms with Crippen molar-refractivity contribution in [1.29, 1.82) is 0 Å². The highest BCUT2D eigenvalue weighted by Crippen LogP contribution is 2.09. The first-order valence-corrected chi connectivity index (χ1v) is 6.91. The maximum Gasteiger partial charge on any atom is 0.185 e. The minimum absolute atomic E-state index is 0. The average molecular weight is 304 g/mol. The van der Waals surface area contributed by atoms with Crippen molar-refractivity contribution in [2.24, 2.45) is 16.5 Å². The van der Waals surface area contributed by atoms with E-state index >= 15 is 0 Å². The number of guanidine groups is 1. The van der Waals surface area contributed by atoms with Crippen molar-refractivity contribution < 1.29 is 0 Å². The first-order valence-electron chi connectivity index (χ1n) is 6.91. The highest BCUT2D eigenvalue weighted by Gasteiger charge is 1.97. The van der Waals surface area contributed by atoms with Gasteiger partial charge >= 0.3 is 0 Å². The van der Waals surface area contributed by atoms with Crippen LogP contribution in [0.4, 0.5) is 0 Å². The van der Waals surface area contributed by atoms with E-state index in [1.54, 1.807) is 0 Å². The Hall–Kier alpha value is -2.00. The molecule has 2 aromatic carbocycles. The molecule has 21 heavy (non-hydrogen) atoms. The second-order valence-corrected chi connectivity index (χ2v) is 4.86. The zero-order chi connectivity index (χ0) is 14.2. The first kappa shape index (κ1) is 17.1.